The Kier molecular flexibility index (Phi) is 3.10. The summed E-state index contributed by atoms with van der Waals surface area (Å²) < 4.78 is 5.88. The highest BCUT2D eigenvalue weighted by Gasteiger charge is 2.32. The molecule has 3 nitrogen and oxygen atoms in total. The highest BCUT2D eigenvalue weighted by Crippen LogP contribution is 2.24. The number of piperidine rings is 1. The summed E-state index contributed by atoms with van der Waals surface area (Å²) in [6, 6.07) is 0. The molecule has 0 amide bonds. The fourth-order valence-corrected chi connectivity index (χ4v) is 2.24. The van der Waals surface area contributed by atoms with Gasteiger partial charge < -0.3 is 10.1 Å². The third-order valence-corrected chi connectivity index (χ3v) is 3.20. The third kappa shape index (κ3) is 2.47. The van der Waals surface area contributed by atoms with Crippen molar-refractivity contribution in [2.24, 2.45) is 11.3 Å². The zero-order valence-corrected chi connectivity index (χ0v) is 9.31. The van der Waals surface area contributed by atoms with Crippen molar-refractivity contribution in [3.8, 4) is 0 Å². The van der Waals surface area contributed by atoms with Crippen molar-refractivity contribution in [3.05, 3.63) is 0 Å². The number of hydrogen-bond acceptors (Lipinski definition) is 3. The van der Waals surface area contributed by atoms with Crippen molar-refractivity contribution in [1.29, 1.82) is 0 Å². The summed E-state index contributed by atoms with van der Waals surface area (Å²) in [5.74, 6) is 0.667. The Morgan fingerprint density at radius 3 is 2.79 bits per heavy atom. The molecule has 2 atom stereocenters. The number of rotatable bonds is 1. The van der Waals surface area contributed by atoms with Crippen LogP contribution in [-0.4, -0.2) is 32.5 Å². The molecule has 0 spiro atoms. The van der Waals surface area contributed by atoms with Gasteiger partial charge in [0.1, 0.15) is 6.23 Å². The summed E-state index contributed by atoms with van der Waals surface area (Å²) >= 11 is 0. The summed E-state index contributed by atoms with van der Waals surface area (Å²) in [7, 11) is 0. The summed E-state index contributed by atoms with van der Waals surface area (Å²) in [6.07, 6.45) is 2.87. The molecule has 3 heteroatoms. The van der Waals surface area contributed by atoms with Gasteiger partial charge in [0, 0.05) is 24.4 Å². The molecule has 0 bridgehead atoms. The molecule has 2 saturated heterocycles. The molecule has 14 heavy (non-hydrogen) atoms. The molecule has 2 heterocycles. The number of hydrogen-bond donors (Lipinski definition) is 2. The van der Waals surface area contributed by atoms with Gasteiger partial charge in [0.25, 0.3) is 0 Å². The molecule has 2 aliphatic rings. The van der Waals surface area contributed by atoms with Crippen molar-refractivity contribution < 1.29 is 4.74 Å². The second-order valence-corrected chi connectivity index (χ2v) is 5.38. The lowest BCUT2D eigenvalue weighted by molar-refractivity contribution is -0.0883. The molecule has 0 aromatic rings. The molecule has 2 N–H and O–H groups in total. The van der Waals surface area contributed by atoms with Gasteiger partial charge in [-0.05, 0) is 19.4 Å². The first-order valence-corrected chi connectivity index (χ1v) is 5.73. The average Bonchev–Trinajstić information content (AvgIpc) is 2.19. The maximum absolute atomic E-state index is 5.88. The van der Waals surface area contributed by atoms with E-state index in [1.807, 2.05) is 0 Å². The molecule has 0 saturated carbocycles. The van der Waals surface area contributed by atoms with E-state index in [-0.39, 0.29) is 6.23 Å². The summed E-state index contributed by atoms with van der Waals surface area (Å²) in [5, 5.41) is 6.95. The van der Waals surface area contributed by atoms with Gasteiger partial charge in [-0.25, -0.2) is 0 Å². The molecule has 2 aliphatic heterocycles. The summed E-state index contributed by atoms with van der Waals surface area (Å²) in [5.41, 5.74) is 0.304. The van der Waals surface area contributed by atoms with Crippen LogP contribution in [0.1, 0.15) is 26.7 Å². The average molecular weight is 198 g/mol. The van der Waals surface area contributed by atoms with E-state index in [1.165, 1.54) is 19.4 Å². The summed E-state index contributed by atoms with van der Waals surface area (Å²) in [4.78, 5) is 0. The van der Waals surface area contributed by atoms with Gasteiger partial charge in [-0.2, -0.15) is 0 Å². The number of ether oxygens (including phenoxy) is 1. The fourth-order valence-electron chi connectivity index (χ4n) is 2.24. The van der Waals surface area contributed by atoms with Crippen LogP contribution in [0.4, 0.5) is 0 Å². The van der Waals surface area contributed by atoms with Gasteiger partial charge in [0.2, 0.25) is 0 Å². The quantitative estimate of drug-likeness (QED) is 0.658. The van der Waals surface area contributed by atoms with Gasteiger partial charge in [0.15, 0.2) is 0 Å². The van der Waals surface area contributed by atoms with Crippen molar-refractivity contribution >= 4 is 0 Å². The van der Waals surface area contributed by atoms with E-state index < -0.39 is 0 Å². The molecule has 2 fully saturated rings. The molecule has 2 rings (SSSR count). The Balaban J connectivity index is 1.82. The molecule has 0 aromatic heterocycles. The van der Waals surface area contributed by atoms with Crippen LogP contribution in [0.2, 0.25) is 0 Å². The van der Waals surface area contributed by atoms with E-state index in [1.54, 1.807) is 0 Å². The minimum Gasteiger partial charge on any atom is -0.362 e. The molecular formula is C11H22N2O. The van der Waals surface area contributed by atoms with Crippen molar-refractivity contribution in [2.45, 2.75) is 32.9 Å². The molecule has 0 radical (unpaired) electrons. The van der Waals surface area contributed by atoms with Crippen LogP contribution in [0, 0.1) is 11.3 Å². The van der Waals surface area contributed by atoms with Crippen LogP contribution >= 0.6 is 0 Å². The van der Waals surface area contributed by atoms with Gasteiger partial charge in [-0.1, -0.05) is 13.8 Å². The molecule has 0 aliphatic carbocycles. The minimum atomic E-state index is 0.288. The van der Waals surface area contributed by atoms with Crippen LogP contribution in [0.15, 0.2) is 0 Å². The van der Waals surface area contributed by atoms with Gasteiger partial charge in [-0.15, -0.1) is 0 Å². The predicted octanol–water partition coefficient (Wildman–Crippen LogP) is 0.958. The lowest BCUT2D eigenvalue weighted by Crippen LogP contribution is -2.53. The Bertz CT molecular complexity index is 178. The standard InChI is InChI=1S/C11H22N2O/c1-11(2)7-13-10(14-8-11)9-4-3-5-12-6-9/h9-10,12-13H,3-8H2,1-2H3. The Labute approximate surface area is 86.6 Å². The van der Waals surface area contributed by atoms with E-state index in [4.69, 9.17) is 4.74 Å². The normalized spacial score (nSPS) is 38.1. The predicted molar refractivity (Wildman–Crippen MR) is 57.1 cm³/mol. The maximum Gasteiger partial charge on any atom is 0.112 e. The van der Waals surface area contributed by atoms with Crippen LogP contribution in [0.25, 0.3) is 0 Å². The van der Waals surface area contributed by atoms with E-state index >= 15 is 0 Å². The SMILES string of the molecule is CC1(C)CNC(C2CCCNC2)OC1. The Morgan fingerprint density at radius 2 is 2.21 bits per heavy atom. The molecule has 0 aromatic carbocycles. The van der Waals surface area contributed by atoms with Gasteiger partial charge >= 0.3 is 0 Å². The molecule has 82 valence electrons. The Hall–Kier alpha value is -0.120. The third-order valence-electron chi connectivity index (χ3n) is 3.20. The van der Waals surface area contributed by atoms with E-state index in [9.17, 15) is 0 Å². The highest BCUT2D eigenvalue weighted by molar-refractivity contribution is 4.83. The van der Waals surface area contributed by atoms with E-state index in [0.717, 1.165) is 19.7 Å². The molecule has 2 unspecified atom stereocenters. The zero-order chi connectivity index (χ0) is 10.0. The van der Waals surface area contributed by atoms with Crippen LogP contribution in [-0.2, 0) is 4.74 Å². The van der Waals surface area contributed by atoms with Crippen LogP contribution in [0.5, 0.6) is 0 Å². The summed E-state index contributed by atoms with van der Waals surface area (Å²) in [6.45, 7) is 8.74. The van der Waals surface area contributed by atoms with Gasteiger partial charge in [-0.3, -0.25) is 5.32 Å². The first-order valence-electron chi connectivity index (χ1n) is 5.73. The number of nitrogens with one attached hydrogen (secondary N) is 2. The van der Waals surface area contributed by atoms with Gasteiger partial charge in [0.05, 0.1) is 6.61 Å². The topological polar surface area (TPSA) is 33.3 Å². The monoisotopic (exact) mass is 198 g/mol. The zero-order valence-electron chi connectivity index (χ0n) is 9.31. The lowest BCUT2D eigenvalue weighted by Gasteiger charge is -2.40. The van der Waals surface area contributed by atoms with Crippen molar-refractivity contribution in [2.75, 3.05) is 26.2 Å². The minimum absolute atomic E-state index is 0.288. The van der Waals surface area contributed by atoms with E-state index in [0.29, 0.717) is 11.3 Å². The molecular weight excluding hydrogens is 176 g/mol. The second kappa shape index (κ2) is 4.17. The highest BCUT2D eigenvalue weighted by atomic mass is 16.5. The first-order chi connectivity index (χ1) is 6.67. The maximum atomic E-state index is 5.88. The fraction of sp³-hybridized carbons (Fsp3) is 1.00. The van der Waals surface area contributed by atoms with E-state index in [2.05, 4.69) is 24.5 Å². The lowest BCUT2D eigenvalue weighted by atomic mass is 9.90. The Morgan fingerprint density at radius 1 is 1.36 bits per heavy atom. The van der Waals surface area contributed by atoms with Crippen molar-refractivity contribution in [1.82, 2.24) is 10.6 Å². The second-order valence-electron chi connectivity index (χ2n) is 5.38. The first kappa shape index (κ1) is 10.4. The van der Waals surface area contributed by atoms with Crippen molar-refractivity contribution in [3.63, 3.8) is 0 Å². The van der Waals surface area contributed by atoms with Crippen LogP contribution in [0.3, 0.4) is 0 Å². The smallest absolute Gasteiger partial charge is 0.112 e. The van der Waals surface area contributed by atoms with Crippen LogP contribution < -0.4 is 10.6 Å². The largest absolute Gasteiger partial charge is 0.362 e.